The van der Waals surface area contributed by atoms with Crippen LogP contribution in [0, 0.1) is 0 Å². The summed E-state index contributed by atoms with van der Waals surface area (Å²) in [5.74, 6) is -1.19. The molecule has 25 heavy (non-hydrogen) atoms. The quantitative estimate of drug-likeness (QED) is 0.694. The molecule has 0 spiro atoms. The first-order chi connectivity index (χ1) is 11.9. The van der Waals surface area contributed by atoms with Crippen LogP contribution in [0.2, 0.25) is 0 Å². The average molecular weight is 354 g/mol. The van der Waals surface area contributed by atoms with E-state index >= 15 is 0 Å². The Labute approximate surface area is 145 Å². The van der Waals surface area contributed by atoms with Gasteiger partial charge < -0.3 is 29.2 Å². The van der Waals surface area contributed by atoms with E-state index in [9.17, 15) is 19.8 Å². The fourth-order valence-electron chi connectivity index (χ4n) is 2.45. The Morgan fingerprint density at radius 1 is 1.08 bits per heavy atom. The zero-order valence-corrected chi connectivity index (χ0v) is 14.0. The van der Waals surface area contributed by atoms with Crippen molar-refractivity contribution in [2.45, 2.75) is 51.2 Å². The molecule has 2 N–H and O–H groups in total. The number of esters is 2. The minimum atomic E-state index is -1.45. The molecule has 1 aromatic carbocycles. The van der Waals surface area contributed by atoms with E-state index in [4.69, 9.17) is 18.9 Å². The van der Waals surface area contributed by atoms with Crippen LogP contribution in [0.25, 0.3) is 0 Å². The highest BCUT2D eigenvalue weighted by atomic mass is 16.7. The molecule has 1 saturated heterocycles. The van der Waals surface area contributed by atoms with Gasteiger partial charge in [-0.3, -0.25) is 9.59 Å². The van der Waals surface area contributed by atoms with Crippen molar-refractivity contribution in [2.24, 2.45) is 0 Å². The predicted molar refractivity (Wildman–Crippen MR) is 84.1 cm³/mol. The highest BCUT2D eigenvalue weighted by molar-refractivity contribution is 5.66. The van der Waals surface area contributed by atoms with E-state index in [-0.39, 0.29) is 13.2 Å². The zero-order valence-electron chi connectivity index (χ0n) is 14.0. The van der Waals surface area contributed by atoms with Gasteiger partial charge in [0, 0.05) is 13.8 Å². The Bertz CT molecular complexity index is 573. The first kappa shape index (κ1) is 19.3. The van der Waals surface area contributed by atoms with Gasteiger partial charge in [-0.2, -0.15) is 0 Å². The highest BCUT2D eigenvalue weighted by Gasteiger charge is 2.47. The topological polar surface area (TPSA) is 112 Å². The van der Waals surface area contributed by atoms with Crippen molar-refractivity contribution in [3.05, 3.63) is 35.9 Å². The summed E-state index contributed by atoms with van der Waals surface area (Å²) in [5.41, 5.74) is 0.852. The number of rotatable bonds is 6. The number of ether oxygens (including phenoxy) is 4. The monoisotopic (exact) mass is 354 g/mol. The van der Waals surface area contributed by atoms with E-state index in [0.29, 0.717) is 0 Å². The third kappa shape index (κ3) is 5.50. The molecule has 5 atom stereocenters. The molecule has 0 aromatic heterocycles. The van der Waals surface area contributed by atoms with Gasteiger partial charge in [0.15, 0.2) is 12.4 Å². The Balaban J connectivity index is 2.08. The lowest BCUT2D eigenvalue weighted by Crippen LogP contribution is -2.60. The van der Waals surface area contributed by atoms with Gasteiger partial charge in [-0.1, -0.05) is 30.3 Å². The normalized spacial score (nSPS) is 29.0. The fourth-order valence-corrected chi connectivity index (χ4v) is 2.45. The average Bonchev–Trinajstić information content (AvgIpc) is 2.58. The van der Waals surface area contributed by atoms with E-state index in [2.05, 4.69) is 0 Å². The predicted octanol–water partition coefficient (Wildman–Crippen LogP) is 0.145. The maximum absolute atomic E-state index is 11.3. The van der Waals surface area contributed by atoms with E-state index in [1.54, 1.807) is 0 Å². The van der Waals surface area contributed by atoms with Gasteiger partial charge in [-0.15, -0.1) is 0 Å². The molecule has 0 saturated carbocycles. The molecule has 8 heteroatoms. The molecule has 1 fully saturated rings. The lowest BCUT2D eigenvalue weighted by atomic mass is 9.99. The maximum Gasteiger partial charge on any atom is 0.303 e. The van der Waals surface area contributed by atoms with Crippen LogP contribution in [-0.4, -0.2) is 59.5 Å². The zero-order chi connectivity index (χ0) is 18.4. The Kier molecular flexibility index (Phi) is 6.89. The molecule has 0 radical (unpaired) electrons. The maximum atomic E-state index is 11.3. The third-order valence-electron chi connectivity index (χ3n) is 3.65. The Morgan fingerprint density at radius 2 is 1.76 bits per heavy atom. The van der Waals surface area contributed by atoms with Gasteiger partial charge in [0.1, 0.15) is 24.9 Å². The summed E-state index contributed by atoms with van der Waals surface area (Å²) >= 11 is 0. The van der Waals surface area contributed by atoms with Gasteiger partial charge in [-0.05, 0) is 5.56 Å². The number of carbonyl (C=O) groups is 2. The van der Waals surface area contributed by atoms with Crippen LogP contribution in [0.1, 0.15) is 19.4 Å². The van der Waals surface area contributed by atoms with E-state index in [0.717, 1.165) is 5.56 Å². The smallest absolute Gasteiger partial charge is 0.303 e. The van der Waals surface area contributed by atoms with Gasteiger partial charge in [-0.25, -0.2) is 0 Å². The molecular formula is C17H22O8. The van der Waals surface area contributed by atoms with Crippen LogP contribution in [0.5, 0.6) is 0 Å². The number of hydrogen-bond acceptors (Lipinski definition) is 8. The first-order valence-corrected chi connectivity index (χ1v) is 7.86. The van der Waals surface area contributed by atoms with E-state index in [1.165, 1.54) is 13.8 Å². The van der Waals surface area contributed by atoms with Crippen molar-refractivity contribution >= 4 is 11.9 Å². The van der Waals surface area contributed by atoms with Crippen molar-refractivity contribution in [1.82, 2.24) is 0 Å². The fraction of sp³-hybridized carbons (Fsp3) is 0.529. The minimum Gasteiger partial charge on any atom is -0.463 e. The lowest BCUT2D eigenvalue weighted by Gasteiger charge is -2.41. The third-order valence-corrected chi connectivity index (χ3v) is 3.65. The molecule has 138 valence electrons. The highest BCUT2D eigenvalue weighted by Crippen LogP contribution is 2.26. The molecule has 0 bridgehead atoms. The molecule has 8 nitrogen and oxygen atoms in total. The summed E-state index contributed by atoms with van der Waals surface area (Å²) < 4.78 is 21.1. The van der Waals surface area contributed by atoms with Crippen LogP contribution >= 0.6 is 0 Å². The van der Waals surface area contributed by atoms with Crippen molar-refractivity contribution in [1.29, 1.82) is 0 Å². The standard InChI is InChI=1S/C17H22O8/c1-10(18)22-9-13-14(20)15(21)16(24-11(2)19)17(25-13)23-8-12-6-4-3-5-7-12/h3-7,13-17,20-21H,8-9H2,1-2H3/t13-,14+,15+,16-,17+/m1/s1. The minimum absolute atomic E-state index is 0.145. The van der Waals surface area contributed by atoms with Crippen molar-refractivity contribution < 1.29 is 38.7 Å². The second-order valence-corrected chi connectivity index (χ2v) is 5.70. The number of hydrogen-bond donors (Lipinski definition) is 2. The summed E-state index contributed by atoms with van der Waals surface area (Å²) in [6.45, 7) is 2.28. The second-order valence-electron chi connectivity index (χ2n) is 5.70. The van der Waals surface area contributed by atoms with Crippen molar-refractivity contribution in [3.8, 4) is 0 Å². The molecule has 1 aliphatic rings. The van der Waals surface area contributed by atoms with Crippen LogP contribution in [0.15, 0.2) is 30.3 Å². The summed E-state index contributed by atoms with van der Waals surface area (Å²) in [5, 5.41) is 20.4. The SMILES string of the molecule is CC(=O)OC[C@H]1O[C@H](OCc2ccccc2)[C@H](OC(C)=O)[C@@H](O)[C@H]1O. The summed E-state index contributed by atoms with van der Waals surface area (Å²) in [6.07, 6.45) is -6.18. The second kappa shape index (κ2) is 8.91. The van der Waals surface area contributed by atoms with Gasteiger partial charge >= 0.3 is 11.9 Å². The molecule has 1 heterocycles. The number of aliphatic hydroxyl groups excluding tert-OH is 2. The molecule has 1 aliphatic heterocycles. The molecular weight excluding hydrogens is 332 g/mol. The van der Waals surface area contributed by atoms with E-state index in [1.807, 2.05) is 30.3 Å². The number of carbonyl (C=O) groups excluding carboxylic acids is 2. The van der Waals surface area contributed by atoms with Crippen molar-refractivity contribution in [2.75, 3.05) is 6.61 Å². The largest absolute Gasteiger partial charge is 0.463 e. The van der Waals surface area contributed by atoms with Gasteiger partial charge in [0.2, 0.25) is 0 Å². The number of aliphatic hydroxyl groups is 2. The van der Waals surface area contributed by atoms with Crippen molar-refractivity contribution in [3.63, 3.8) is 0 Å². The first-order valence-electron chi connectivity index (χ1n) is 7.86. The summed E-state index contributed by atoms with van der Waals surface area (Å²) in [7, 11) is 0. The lowest BCUT2D eigenvalue weighted by molar-refractivity contribution is -0.307. The molecule has 0 amide bonds. The van der Waals surface area contributed by atoms with Crippen LogP contribution < -0.4 is 0 Å². The van der Waals surface area contributed by atoms with Crippen LogP contribution in [0.3, 0.4) is 0 Å². The molecule has 2 rings (SSSR count). The van der Waals surface area contributed by atoms with Gasteiger partial charge in [0.05, 0.1) is 6.61 Å². The van der Waals surface area contributed by atoms with Crippen LogP contribution in [-0.2, 0) is 35.1 Å². The Hall–Kier alpha value is -2.00. The summed E-state index contributed by atoms with van der Waals surface area (Å²) in [6, 6.07) is 9.21. The molecule has 0 aliphatic carbocycles. The van der Waals surface area contributed by atoms with Gasteiger partial charge in [0.25, 0.3) is 0 Å². The van der Waals surface area contributed by atoms with Crippen LogP contribution in [0.4, 0.5) is 0 Å². The summed E-state index contributed by atoms with van der Waals surface area (Å²) in [4.78, 5) is 22.2. The molecule has 1 aromatic rings. The molecule has 0 unspecified atom stereocenters. The number of benzene rings is 1. The Morgan fingerprint density at radius 3 is 2.36 bits per heavy atom. The van der Waals surface area contributed by atoms with E-state index < -0.39 is 42.6 Å².